The largest absolute Gasteiger partial charge is 0.398 e. The van der Waals surface area contributed by atoms with Crippen LogP contribution in [0.2, 0.25) is 0 Å². The summed E-state index contributed by atoms with van der Waals surface area (Å²) in [5.74, 6) is -0.322. The highest BCUT2D eigenvalue weighted by Crippen LogP contribution is 2.32. The number of hydrogen-bond acceptors (Lipinski definition) is 3. The summed E-state index contributed by atoms with van der Waals surface area (Å²) in [4.78, 5) is 9.22. The summed E-state index contributed by atoms with van der Waals surface area (Å²) in [7, 11) is 0. The van der Waals surface area contributed by atoms with E-state index in [1.54, 1.807) is 6.07 Å². The molecule has 4 aromatic rings. The topological polar surface area (TPSA) is 51.8 Å². The van der Waals surface area contributed by atoms with Crippen molar-refractivity contribution in [2.24, 2.45) is 0 Å². The average molecular weight is 303 g/mol. The fourth-order valence-electron chi connectivity index (χ4n) is 2.90. The molecule has 2 aromatic carbocycles. The number of benzene rings is 2. The third-order valence-corrected chi connectivity index (χ3v) is 4.01. The van der Waals surface area contributed by atoms with E-state index in [4.69, 9.17) is 5.73 Å². The molecule has 4 rings (SSSR count). The zero-order valence-corrected chi connectivity index (χ0v) is 12.5. The molecule has 4 heteroatoms. The molecule has 0 aliphatic carbocycles. The lowest BCUT2D eigenvalue weighted by Gasteiger charge is -2.11. The highest BCUT2D eigenvalue weighted by molar-refractivity contribution is 6.07. The van der Waals surface area contributed by atoms with Crippen molar-refractivity contribution in [3.05, 3.63) is 66.0 Å². The van der Waals surface area contributed by atoms with Gasteiger partial charge < -0.3 is 5.73 Å². The Morgan fingerprint density at radius 2 is 1.74 bits per heavy atom. The molecule has 0 amide bonds. The van der Waals surface area contributed by atoms with Crippen molar-refractivity contribution in [1.82, 2.24) is 9.97 Å². The van der Waals surface area contributed by atoms with Crippen LogP contribution in [0.15, 0.2) is 54.6 Å². The molecule has 0 spiro atoms. The lowest BCUT2D eigenvalue weighted by Crippen LogP contribution is -1.98. The van der Waals surface area contributed by atoms with E-state index in [9.17, 15) is 4.39 Å². The molecule has 2 aromatic heterocycles. The average Bonchev–Trinajstić information content (AvgIpc) is 2.56. The molecule has 0 radical (unpaired) electrons. The third-order valence-electron chi connectivity index (χ3n) is 4.01. The molecular weight excluding hydrogens is 289 g/mol. The molecule has 2 heterocycles. The lowest BCUT2D eigenvalue weighted by molar-refractivity contribution is 0.629. The maximum Gasteiger partial charge on any atom is 0.162 e. The van der Waals surface area contributed by atoms with Crippen molar-refractivity contribution in [3.8, 4) is 11.3 Å². The van der Waals surface area contributed by atoms with Crippen molar-refractivity contribution in [2.75, 3.05) is 5.73 Å². The summed E-state index contributed by atoms with van der Waals surface area (Å²) >= 11 is 0. The van der Waals surface area contributed by atoms with Gasteiger partial charge in [-0.05, 0) is 36.8 Å². The summed E-state index contributed by atoms with van der Waals surface area (Å²) in [6, 6.07) is 16.4. The predicted octanol–water partition coefficient (Wildman–Crippen LogP) is 4.48. The van der Waals surface area contributed by atoms with E-state index >= 15 is 0 Å². The second-order valence-electron chi connectivity index (χ2n) is 5.58. The van der Waals surface area contributed by atoms with Gasteiger partial charge in [0.1, 0.15) is 5.82 Å². The summed E-state index contributed by atoms with van der Waals surface area (Å²) in [6.45, 7) is 1.97. The number of halogens is 1. The lowest BCUT2D eigenvalue weighted by atomic mass is 10.0. The SMILES string of the molecule is Cc1cc(-c2ccccc2)nc2nc3ccc(F)cc3c(N)c12. The van der Waals surface area contributed by atoms with Crippen LogP contribution in [0, 0.1) is 12.7 Å². The van der Waals surface area contributed by atoms with E-state index < -0.39 is 0 Å². The molecule has 3 nitrogen and oxygen atoms in total. The third kappa shape index (κ3) is 2.19. The molecule has 0 saturated heterocycles. The van der Waals surface area contributed by atoms with Crippen molar-refractivity contribution in [3.63, 3.8) is 0 Å². The summed E-state index contributed by atoms with van der Waals surface area (Å²) in [5, 5.41) is 1.40. The first kappa shape index (κ1) is 13.6. The molecule has 0 atom stereocenters. The van der Waals surface area contributed by atoms with E-state index in [0.29, 0.717) is 22.2 Å². The minimum Gasteiger partial charge on any atom is -0.398 e. The number of aryl methyl sites for hydroxylation is 1. The Morgan fingerprint density at radius 1 is 0.957 bits per heavy atom. The Labute approximate surface area is 132 Å². The number of pyridine rings is 2. The molecule has 0 bridgehead atoms. The van der Waals surface area contributed by atoms with E-state index in [2.05, 4.69) is 9.97 Å². The Kier molecular flexibility index (Phi) is 2.98. The molecule has 0 aliphatic rings. The van der Waals surface area contributed by atoms with Gasteiger partial charge in [-0.25, -0.2) is 14.4 Å². The smallest absolute Gasteiger partial charge is 0.162 e. The van der Waals surface area contributed by atoms with Crippen LogP contribution in [-0.4, -0.2) is 9.97 Å². The monoisotopic (exact) mass is 303 g/mol. The zero-order chi connectivity index (χ0) is 16.0. The summed E-state index contributed by atoms with van der Waals surface area (Å²) in [6.07, 6.45) is 0. The molecule has 0 saturated carbocycles. The Balaban J connectivity index is 2.07. The number of hydrogen-bond donors (Lipinski definition) is 1. The maximum absolute atomic E-state index is 13.5. The van der Waals surface area contributed by atoms with Gasteiger partial charge in [-0.2, -0.15) is 0 Å². The number of anilines is 1. The van der Waals surface area contributed by atoms with Crippen LogP contribution in [-0.2, 0) is 0 Å². The Bertz CT molecular complexity index is 1040. The van der Waals surface area contributed by atoms with Gasteiger partial charge >= 0.3 is 0 Å². The van der Waals surface area contributed by atoms with Crippen LogP contribution in [0.5, 0.6) is 0 Å². The number of nitrogen functional groups attached to an aromatic ring is 1. The number of fused-ring (bicyclic) bond motifs is 2. The van der Waals surface area contributed by atoms with E-state index in [-0.39, 0.29) is 5.82 Å². The molecular formula is C19H14FN3. The standard InChI is InChI=1S/C19H14FN3/c1-11-9-16(12-5-3-2-4-6-12)23-19-17(11)18(21)14-10-13(20)7-8-15(14)22-19/h2-10H,1H3,(H2,21,22,23). The number of nitrogens with zero attached hydrogens (tertiary/aromatic N) is 2. The van der Waals surface area contributed by atoms with Crippen LogP contribution in [0.1, 0.15) is 5.56 Å². The van der Waals surface area contributed by atoms with Crippen LogP contribution in [0.3, 0.4) is 0 Å². The second kappa shape index (κ2) is 5.02. The fourth-order valence-corrected chi connectivity index (χ4v) is 2.90. The van der Waals surface area contributed by atoms with Crippen LogP contribution in [0.4, 0.5) is 10.1 Å². The minimum absolute atomic E-state index is 0.322. The summed E-state index contributed by atoms with van der Waals surface area (Å²) < 4.78 is 13.5. The Hall–Kier alpha value is -3.01. The first-order chi connectivity index (χ1) is 11.1. The van der Waals surface area contributed by atoms with Crippen molar-refractivity contribution < 1.29 is 4.39 Å². The maximum atomic E-state index is 13.5. The molecule has 2 N–H and O–H groups in total. The second-order valence-corrected chi connectivity index (χ2v) is 5.58. The number of aromatic nitrogens is 2. The van der Waals surface area contributed by atoms with E-state index in [1.165, 1.54) is 12.1 Å². The van der Waals surface area contributed by atoms with Gasteiger partial charge in [0.05, 0.1) is 16.9 Å². The Morgan fingerprint density at radius 3 is 2.52 bits per heavy atom. The van der Waals surface area contributed by atoms with E-state index in [1.807, 2.05) is 43.3 Å². The molecule has 112 valence electrons. The number of nitrogens with two attached hydrogens (primary N) is 1. The van der Waals surface area contributed by atoms with Gasteiger partial charge in [-0.15, -0.1) is 0 Å². The predicted molar refractivity (Wildman–Crippen MR) is 91.6 cm³/mol. The normalized spacial score (nSPS) is 11.2. The van der Waals surface area contributed by atoms with Gasteiger partial charge in [0.25, 0.3) is 0 Å². The molecule has 0 unspecified atom stereocenters. The molecule has 0 fully saturated rings. The van der Waals surface area contributed by atoms with Crippen LogP contribution >= 0.6 is 0 Å². The van der Waals surface area contributed by atoms with Gasteiger partial charge in [0, 0.05) is 16.3 Å². The molecule has 0 aliphatic heterocycles. The van der Waals surface area contributed by atoms with Crippen molar-refractivity contribution >= 4 is 27.6 Å². The first-order valence-corrected chi connectivity index (χ1v) is 7.35. The van der Waals surface area contributed by atoms with E-state index in [0.717, 1.165) is 22.2 Å². The van der Waals surface area contributed by atoms with Gasteiger partial charge in [0.15, 0.2) is 5.65 Å². The minimum atomic E-state index is -0.322. The fraction of sp³-hybridized carbons (Fsp3) is 0.0526. The van der Waals surface area contributed by atoms with Gasteiger partial charge in [-0.3, -0.25) is 0 Å². The highest BCUT2D eigenvalue weighted by atomic mass is 19.1. The first-order valence-electron chi connectivity index (χ1n) is 7.35. The van der Waals surface area contributed by atoms with Crippen molar-refractivity contribution in [2.45, 2.75) is 6.92 Å². The van der Waals surface area contributed by atoms with Crippen molar-refractivity contribution in [1.29, 1.82) is 0 Å². The molecule has 23 heavy (non-hydrogen) atoms. The number of rotatable bonds is 1. The zero-order valence-electron chi connectivity index (χ0n) is 12.5. The van der Waals surface area contributed by atoms with Gasteiger partial charge in [-0.1, -0.05) is 30.3 Å². The van der Waals surface area contributed by atoms with Gasteiger partial charge in [0.2, 0.25) is 0 Å². The quantitative estimate of drug-likeness (QED) is 0.527. The van der Waals surface area contributed by atoms with Crippen LogP contribution in [0.25, 0.3) is 33.2 Å². The highest BCUT2D eigenvalue weighted by Gasteiger charge is 2.12. The summed E-state index contributed by atoms with van der Waals surface area (Å²) in [5.41, 5.74) is 10.9. The van der Waals surface area contributed by atoms with Crippen LogP contribution < -0.4 is 5.73 Å².